The third-order valence-corrected chi connectivity index (χ3v) is 3.68. The standard InChI is InChI=1S/C18H23ClN2/c1-21(15-17-6-3-2-4-7-17)13-5-12-20-14-16-8-10-18(19)11-9-16/h2-4,6-11,20H,5,12-15H2,1H3. The molecule has 0 spiro atoms. The summed E-state index contributed by atoms with van der Waals surface area (Å²) in [6.07, 6.45) is 1.15. The minimum Gasteiger partial charge on any atom is -0.313 e. The lowest BCUT2D eigenvalue weighted by Gasteiger charge is -2.16. The third kappa shape index (κ3) is 6.30. The van der Waals surface area contributed by atoms with Crippen molar-refractivity contribution < 1.29 is 0 Å². The fourth-order valence-corrected chi connectivity index (χ4v) is 2.41. The van der Waals surface area contributed by atoms with Gasteiger partial charge in [-0.15, -0.1) is 0 Å². The van der Waals surface area contributed by atoms with Gasteiger partial charge in [0.05, 0.1) is 0 Å². The van der Waals surface area contributed by atoms with Crippen molar-refractivity contribution in [2.24, 2.45) is 0 Å². The Hall–Kier alpha value is -1.35. The first-order valence-corrected chi connectivity index (χ1v) is 7.79. The number of nitrogens with one attached hydrogen (secondary N) is 1. The average Bonchev–Trinajstić information content (AvgIpc) is 2.50. The van der Waals surface area contributed by atoms with Crippen molar-refractivity contribution in [1.29, 1.82) is 0 Å². The topological polar surface area (TPSA) is 15.3 Å². The Morgan fingerprint density at radius 2 is 1.67 bits per heavy atom. The second-order valence-electron chi connectivity index (χ2n) is 5.38. The van der Waals surface area contributed by atoms with Crippen molar-refractivity contribution in [2.45, 2.75) is 19.5 Å². The van der Waals surface area contributed by atoms with E-state index in [-0.39, 0.29) is 0 Å². The molecule has 0 aliphatic heterocycles. The molecule has 2 aromatic carbocycles. The number of benzene rings is 2. The molecular formula is C18H23ClN2. The van der Waals surface area contributed by atoms with Crippen molar-refractivity contribution in [3.63, 3.8) is 0 Å². The quantitative estimate of drug-likeness (QED) is 0.743. The van der Waals surface area contributed by atoms with Crippen LogP contribution in [0.25, 0.3) is 0 Å². The zero-order valence-electron chi connectivity index (χ0n) is 12.6. The van der Waals surface area contributed by atoms with Crippen LogP contribution in [-0.4, -0.2) is 25.0 Å². The molecule has 0 heterocycles. The van der Waals surface area contributed by atoms with Gasteiger partial charge in [0.25, 0.3) is 0 Å². The summed E-state index contributed by atoms with van der Waals surface area (Å²) in [5, 5.41) is 4.26. The molecule has 0 saturated heterocycles. The van der Waals surface area contributed by atoms with Crippen LogP contribution in [0.2, 0.25) is 5.02 Å². The van der Waals surface area contributed by atoms with Gasteiger partial charge in [0.1, 0.15) is 0 Å². The number of hydrogen-bond acceptors (Lipinski definition) is 2. The Labute approximate surface area is 132 Å². The normalized spacial score (nSPS) is 11.0. The maximum atomic E-state index is 5.87. The van der Waals surface area contributed by atoms with Crippen LogP contribution in [0.15, 0.2) is 54.6 Å². The van der Waals surface area contributed by atoms with E-state index in [4.69, 9.17) is 11.6 Å². The van der Waals surface area contributed by atoms with Crippen LogP contribution >= 0.6 is 11.6 Å². The molecule has 0 aromatic heterocycles. The summed E-state index contributed by atoms with van der Waals surface area (Å²) in [5.74, 6) is 0. The van der Waals surface area contributed by atoms with E-state index in [0.717, 1.165) is 37.6 Å². The van der Waals surface area contributed by atoms with E-state index >= 15 is 0 Å². The SMILES string of the molecule is CN(CCCNCc1ccc(Cl)cc1)Cc1ccccc1. The van der Waals surface area contributed by atoms with Gasteiger partial charge in [-0.2, -0.15) is 0 Å². The van der Waals surface area contributed by atoms with Crippen molar-refractivity contribution >= 4 is 11.6 Å². The highest BCUT2D eigenvalue weighted by Crippen LogP contribution is 2.09. The molecule has 21 heavy (non-hydrogen) atoms. The molecular weight excluding hydrogens is 280 g/mol. The highest BCUT2D eigenvalue weighted by atomic mass is 35.5. The Morgan fingerprint density at radius 1 is 0.952 bits per heavy atom. The Bertz CT molecular complexity index is 511. The van der Waals surface area contributed by atoms with Crippen molar-refractivity contribution in [3.8, 4) is 0 Å². The predicted molar refractivity (Wildman–Crippen MR) is 90.6 cm³/mol. The molecule has 0 unspecified atom stereocenters. The molecule has 112 valence electrons. The van der Waals surface area contributed by atoms with E-state index < -0.39 is 0 Å². The van der Waals surface area contributed by atoms with Crippen molar-refractivity contribution in [3.05, 3.63) is 70.7 Å². The molecule has 2 rings (SSSR count). The van der Waals surface area contributed by atoms with Gasteiger partial charge in [0, 0.05) is 18.1 Å². The van der Waals surface area contributed by atoms with Gasteiger partial charge in [0.15, 0.2) is 0 Å². The first-order chi connectivity index (χ1) is 10.2. The van der Waals surface area contributed by atoms with Crippen LogP contribution in [0, 0.1) is 0 Å². The summed E-state index contributed by atoms with van der Waals surface area (Å²) in [6.45, 7) is 4.04. The molecule has 1 N–H and O–H groups in total. The summed E-state index contributed by atoms with van der Waals surface area (Å²) in [6, 6.07) is 18.6. The Kier molecular flexibility index (Phi) is 6.74. The molecule has 0 amide bonds. The van der Waals surface area contributed by atoms with Crippen LogP contribution in [0.3, 0.4) is 0 Å². The van der Waals surface area contributed by atoms with E-state index in [1.807, 2.05) is 12.1 Å². The first kappa shape index (κ1) is 16.0. The molecule has 0 atom stereocenters. The summed E-state index contributed by atoms with van der Waals surface area (Å²) in [4.78, 5) is 2.36. The molecule has 0 radical (unpaired) electrons. The van der Waals surface area contributed by atoms with E-state index in [1.54, 1.807) is 0 Å². The van der Waals surface area contributed by atoms with E-state index in [9.17, 15) is 0 Å². The van der Waals surface area contributed by atoms with Gasteiger partial charge in [-0.25, -0.2) is 0 Å². The monoisotopic (exact) mass is 302 g/mol. The number of rotatable bonds is 8. The van der Waals surface area contributed by atoms with Gasteiger partial charge in [-0.1, -0.05) is 54.1 Å². The second kappa shape index (κ2) is 8.83. The maximum absolute atomic E-state index is 5.87. The zero-order valence-corrected chi connectivity index (χ0v) is 13.3. The van der Waals surface area contributed by atoms with Crippen LogP contribution in [-0.2, 0) is 13.1 Å². The van der Waals surface area contributed by atoms with Crippen LogP contribution in [0.1, 0.15) is 17.5 Å². The van der Waals surface area contributed by atoms with Crippen molar-refractivity contribution in [1.82, 2.24) is 10.2 Å². The van der Waals surface area contributed by atoms with Crippen LogP contribution in [0.4, 0.5) is 0 Å². The first-order valence-electron chi connectivity index (χ1n) is 7.41. The van der Waals surface area contributed by atoms with Gasteiger partial charge in [0.2, 0.25) is 0 Å². The molecule has 0 aliphatic carbocycles. The minimum absolute atomic E-state index is 0.793. The molecule has 0 bridgehead atoms. The third-order valence-electron chi connectivity index (χ3n) is 3.43. The summed E-state index contributed by atoms with van der Waals surface area (Å²) in [7, 11) is 2.17. The fraction of sp³-hybridized carbons (Fsp3) is 0.333. The van der Waals surface area contributed by atoms with Crippen LogP contribution < -0.4 is 5.32 Å². The summed E-state index contributed by atoms with van der Waals surface area (Å²) >= 11 is 5.87. The molecule has 2 nitrogen and oxygen atoms in total. The van der Waals surface area contributed by atoms with E-state index in [0.29, 0.717) is 0 Å². The average molecular weight is 303 g/mol. The maximum Gasteiger partial charge on any atom is 0.0406 e. The van der Waals surface area contributed by atoms with Gasteiger partial charge < -0.3 is 10.2 Å². The number of hydrogen-bond donors (Lipinski definition) is 1. The summed E-state index contributed by atoms with van der Waals surface area (Å²) < 4.78 is 0. The summed E-state index contributed by atoms with van der Waals surface area (Å²) in [5.41, 5.74) is 2.64. The van der Waals surface area contributed by atoms with Crippen LogP contribution in [0.5, 0.6) is 0 Å². The van der Waals surface area contributed by atoms with Gasteiger partial charge in [-0.3, -0.25) is 0 Å². The lowest BCUT2D eigenvalue weighted by molar-refractivity contribution is 0.319. The Morgan fingerprint density at radius 3 is 2.38 bits per heavy atom. The fourth-order valence-electron chi connectivity index (χ4n) is 2.28. The lowest BCUT2D eigenvalue weighted by atomic mass is 10.2. The minimum atomic E-state index is 0.793. The molecule has 0 fully saturated rings. The smallest absolute Gasteiger partial charge is 0.0406 e. The zero-order chi connectivity index (χ0) is 14.9. The Balaban J connectivity index is 1.58. The largest absolute Gasteiger partial charge is 0.313 e. The van der Waals surface area contributed by atoms with Crippen molar-refractivity contribution in [2.75, 3.05) is 20.1 Å². The highest BCUT2D eigenvalue weighted by Gasteiger charge is 1.99. The lowest BCUT2D eigenvalue weighted by Crippen LogP contribution is -2.23. The highest BCUT2D eigenvalue weighted by molar-refractivity contribution is 6.30. The second-order valence-corrected chi connectivity index (χ2v) is 5.82. The number of nitrogens with zero attached hydrogens (tertiary/aromatic N) is 1. The molecule has 3 heteroatoms. The molecule has 0 saturated carbocycles. The predicted octanol–water partition coefficient (Wildman–Crippen LogP) is 3.95. The molecule has 0 aliphatic rings. The van der Waals surface area contributed by atoms with Gasteiger partial charge in [-0.05, 0) is 49.8 Å². The van der Waals surface area contributed by atoms with E-state index in [2.05, 4.69) is 59.7 Å². The van der Waals surface area contributed by atoms with E-state index in [1.165, 1.54) is 11.1 Å². The number of halogens is 1. The van der Waals surface area contributed by atoms with Gasteiger partial charge >= 0.3 is 0 Å². The molecule has 2 aromatic rings.